The highest BCUT2D eigenvalue weighted by Gasteiger charge is 2.47. The lowest BCUT2D eigenvalue weighted by Gasteiger charge is -2.33. The third-order valence-corrected chi connectivity index (χ3v) is 3.29. The van der Waals surface area contributed by atoms with Crippen molar-refractivity contribution in [1.29, 1.82) is 0 Å². The average molecular weight is 205 g/mol. The summed E-state index contributed by atoms with van der Waals surface area (Å²) < 4.78 is 32.9. The largest absolute Gasteiger partial charge is 0.381 e. The minimum absolute atomic E-state index is 0.480. The molecule has 0 saturated carbocycles. The van der Waals surface area contributed by atoms with Crippen LogP contribution in [0.4, 0.5) is 8.78 Å². The quantitative estimate of drug-likeness (QED) is 0.742. The smallest absolute Gasteiger partial charge is 0.266 e. The second-order valence-electron chi connectivity index (χ2n) is 4.21. The lowest BCUT2D eigenvalue weighted by molar-refractivity contribution is -0.116. The summed E-state index contributed by atoms with van der Waals surface area (Å²) in [5.74, 6) is -3.02. The monoisotopic (exact) mass is 205 g/mol. The normalized spacial score (nSPS) is 30.9. The van der Waals surface area contributed by atoms with Gasteiger partial charge in [-0.1, -0.05) is 0 Å². The second-order valence-corrected chi connectivity index (χ2v) is 4.21. The fourth-order valence-electron chi connectivity index (χ4n) is 2.38. The van der Waals surface area contributed by atoms with E-state index in [0.29, 0.717) is 32.5 Å². The second kappa shape index (κ2) is 4.11. The zero-order chi connectivity index (χ0) is 10.0. The van der Waals surface area contributed by atoms with Gasteiger partial charge in [0.15, 0.2) is 0 Å². The number of ether oxygens (including phenoxy) is 1. The summed E-state index contributed by atoms with van der Waals surface area (Å²) in [6, 6.07) is -0.592. The van der Waals surface area contributed by atoms with Gasteiger partial charge in [0.25, 0.3) is 5.92 Å². The molecule has 14 heavy (non-hydrogen) atoms. The first-order valence-corrected chi connectivity index (χ1v) is 5.40. The maximum Gasteiger partial charge on any atom is 0.266 e. The van der Waals surface area contributed by atoms with Crippen molar-refractivity contribution in [2.75, 3.05) is 19.8 Å². The lowest BCUT2D eigenvalue weighted by atomic mass is 9.88. The molecule has 0 amide bonds. The van der Waals surface area contributed by atoms with Crippen LogP contribution in [0.1, 0.15) is 25.7 Å². The van der Waals surface area contributed by atoms with Crippen molar-refractivity contribution in [3.8, 4) is 0 Å². The van der Waals surface area contributed by atoms with Crippen LogP contribution < -0.4 is 5.32 Å². The highest BCUT2D eigenvalue weighted by atomic mass is 19.3. The molecule has 2 aliphatic rings. The van der Waals surface area contributed by atoms with E-state index < -0.39 is 17.9 Å². The van der Waals surface area contributed by atoms with Gasteiger partial charge in [0, 0.05) is 19.1 Å². The zero-order valence-electron chi connectivity index (χ0n) is 8.27. The van der Waals surface area contributed by atoms with E-state index in [1.165, 1.54) is 0 Å². The third kappa shape index (κ3) is 1.91. The molecule has 4 heteroatoms. The van der Waals surface area contributed by atoms with E-state index in [0.717, 1.165) is 13.0 Å². The van der Waals surface area contributed by atoms with E-state index in [9.17, 15) is 8.78 Å². The Labute approximate surface area is 83.0 Å². The summed E-state index contributed by atoms with van der Waals surface area (Å²) in [5.41, 5.74) is 0. The molecule has 2 aliphatic heterocycles. The van der Waals surface area contributed by atoms with Crippen molar-refractivity contribution in [2.45, 2.75) is 37.6 Å². The van der Waals surface area contributed by atoms with Crippen molar-refractivity contribution < 1.29 is 13.5 Å². The molecule has 2 nitrogen and oxygen atoms in total. The standard InChI is InChI=1S/C10H17F2NO/c11-10(12,9-2-1-5-13-9)8-3-6-14-7-4-8/h8-9,13H,1-7H2. The van der Waals surface area contributed by atoms with Crippen LogP contribution in [0.2, 0.25) is 0 Å². The molecule has 2 heterocycles. The van der Waals surface area contributed by atoms with Gasteiger partial charge in [0.1, 0.15) is 0 Å². The van der Waals surface area contributed by atoms with Gasteiger partial charge in [0.05, 0.1) is 6.04 Å². The van der Waals surface area contributed by atoms with E-state index in [1.807, 2.05) is 0 Å². The van der Waals surface area contributed by atoms with E-state index in [2.05, 4.69) is 5.32 Å². The van der Waals surface area contributed by atoms with Gasteiger partial charge in [-0.3, -0.25) is 0 Å². The van der Waals surface area contributed by atoms with Crippen LogP contribution in [0, 0.1) is 5.92 Å². The van der Waals surface area contributed by atoms with E-state index >= 15 is 0 Å². The zero-order valence-corrected chi connectivity index (χ0v) is 8.27. The highest BCUT2D eigenvalue weighted by molar-refractivity contribution is 4.92. The molecule has 2 saturated heterocycles. The van der Waals surface area contributed by atoms with Crippen LogP contribution in [0.3, 0.4) is 0 Å². The molecule has 1 unspecified atom stereocenters. The Bertz CT molecular complexity index is 187. The molecular weight excluding hydrogens is 188 g/mol. The summed E-state index contributed by atoms with van der Waals surface area (Å²) in [5, 5.41) is 2.90. The maximum absolute atomic E-state index is 13.9. The van der Waals surface area contributed by atoms with Gasteiger partial charge in [-0.15, -0.1) is 0 Å². The summed E-state index contributed by atoms with van der Waals surface area (Å²) in [4.78, 5) is 0. The fraction of sp³-hybridized carbons (Fsp3) is 1.00. The molecule has 1 N–H and O–H groups in total. The summed E-state index contributed by atoms with van der Waals surface area (Å²) in [6.45, 7) is 1.73. The fourth-order valence-corrected chi connectivity index (χ4v) is 2.38. The number of rotatable bonds is 2. The van der Waals surface area contributed by atoms with Gasteiger partial charge in [0.2, 0.25) is 0 Å². The average Bonchev–Trinajstić information content (AvgIpc) is 2.72. The molecule has 0 radical (unpaired) electrons. The molecule has 2 fully saturated rings. The molecule has 0 spiro atoms. The Kier molecular flexibility index (Phi) is 3.02. The van der Waals surface area contributed by atoms with Crippen molar-refractivity contribution >= 4 is 0 Å². The molecule has 2 rings (SSSR count). The summed E-state index contributed by atoms with van der Waals surface area (Å²) >= 11 is 0. The Morgan fingerprint density at radius 2 is 1.86 bits per heavy atom. The first-order chi connectivity index (χ1) is 6.71. The maximum atomic E-state index is 13.9. The Balaban J connectivity index is 1.97. The Hall–Kier alpha value is -0.220. The number of nitrogens with one attached hydrogen (secondary N) is 1. The van der Waals surface area contributed by atoms with Crippen molar-refractivity contribution in [1.82, 2.24) is 5.32 Å². The van der Waals surface area contributed by atoms with E-state index in [4.69, 9.17) is 4.74 Å². The lowest BCUT2D eigenvalue weighted by Crippen LogP contribution is -2.47. The first-order valence-electron chi connectivity index (χ1n) is 5.40. The van der Waals surface area contributed by atoms with Crippen molar-refractivity contribution in [3.05, 3.63) is 0 Å². The topological polar surface area (TPSA) is 21.3 Å². The van der Waals surface area contributed by atoms with Gasteiger partial charge >= 0.3 is 0 Å². The molecular formula is C10H17F2NO. The van der Waals surface area contributed by atoms with Crippen LogP contribution in [-0.2, 0) is 4.74 Å². The highest BCUT2D eigenvalue weighted by Crippen LogP contribution is 2.37. The molecule has 0 bridgehead atoms. The van der Waals surface area contributed by atoms with E-state index in [-0.39, 0.29) is 0 Å². The minimum atomic E-state index is -2.54. The SMILES string of the molecule is FC(F)(C1CCOCC1)C1CCCN1. The molecule has 0 aromatic carbocycles. The molecule has 82 valence electrons. The van der Waals surface area contributed by atoms with Gasteiger partial charge < -0.3 is 10.1 Å². The van der Waals surface area contributed by atoms with Crippen LogP contribution in [-0.4, -0.2) is 31.7 Å². The van der Waals surface area contributed by atoms with E-state index in [1.54, 1.807) is 0 Å². The summed E-state index contributed by atoms with van der Waals surface area (Å²) in [7, 11) is 0. The van der Waals surface area contributed by atoms with Crippen LogP contribution >= 0.6 is 0 Å². The number of hydrogen-bond donors (Lipinski definition) is 1. The number of hydrogen-bond acceptors (Lipinski definition) is 2. The minimum Gasteiger partial charge on any atom is -0.381 e. The van der Waals surface area contributed by atoms with Crippen LogP contribution in [0.5, 0.6) is 0 Å². The predicted molar refractivity (Wildman–Crippen MR) is 49.5 cm³/mol. The van der Waals surface area contributed by atoms with Crippen LogP contribution in [0.15, 0.2) is 0 Å². The Morgan fingerprint density at radius 1 is 1.14 bits per heavy atom. The molecule has 0 aromatic heterocycles. The molecule has 0 aliphatic carbocycles. The van der Waals surface area contributed by atoms with Crippen molar-refractivity contribution in [2.24, 2.45) is 5.92 Å². The number of halogens is 2. The summed E-state index contributed by atoms with van der Waals surface area (Å²) in [6.07, 6.45) is 2.50. The van der Waals surface area contributed by atoms with Gasteiger partial charge in [-0.25, -0.2) is 8.78 Å². The van der Waals surface area contributed by atoms with Crippen molar-refractivity contribution in [3.63, 3.8) is 0 Å². The van der Waals surface area contributed by atoms with Gasteiger partial charge in [-0.2, -0.15) is 0 Å². The predicted octanol–water partition coefficient (Wildman–Crippen LogP) is 1.80. The third-order valence-electron chi connectivity index (χ3n) is 3.29. The van der Waals surface area contributed by atoms with Crippen LogP contribution in [0.25, 0.3) is 0 Å². The first kappa shape index (κ1) is 10.3. The molecule has 1 atom stereocenters. The van der Waals surface area contributed by atoms with Gasteiger partial charge in [-0.05, 0) is 32.2 Å². The number of alkyl halides is 2. The molecule has 0 aromatic rings. The Morgan fingerprint density at radius 3 is 2.43 bits per heavy atom.